The second-order valence-electron chi connectivity index (χ2n) is 6.36. The highest BCUT2D eigenvalue weighted by Crippen LogP contribution is 2.22. The smallest absolute Gasteiger partial charge is 0.312 e. The van der Waals surface area contributed by atoms with Crippen LogP contribution in [-0.2, 0) is 18.4 Å². The van der Waals surface area contributed by atoms with E-state index in [0.717, 1.165) is 11.1 Å². The molecule has 0 radical (unpaired) electrons. The van der Waals surface area contributed by atoms with Crippen molar-refractivity contribution in [3.63, 3.8) is 0 Å². The summed E-state index contributed by atoms with van der Waals surface area (Å²) in [6.07, 6.45) is 2.97. The summed E-state index contributed by atoms with van der Waals surface area (Å²) in [5.41, 5.74) is 2.43. The number of hydrogen-bond acceptors (Lipinski definition) is 5. The highest BCUT2D eigenvalue weighted by atomic mass is 16.5. The van der Waals surface area contributed by atoms with Gasteiger partial charge in [-0.15, -0.1) is 0 Å². The normalized spacial score (nSPS) is 10.9. The van der Waals surface area contributed by atoms with Crippen molar-refractivity contribution >= 4 is 17.0 Å². The third kappa shape index (κ3) is 3.55. The van der Waals surface area contributed by atoms with Gasteiger partial charge in [0.2, 0.25) is 0 Å². The van der Waals surface area contributed by atoms with Crippen molar-refractivity contribution in [3.05, 3.63) is 77.5 Å². The minimum absolute atomic E-state index is 0.0633. The molecule has 4 rings (SSSR count). The van der Waals surface area contributed by atoms with Crippen LogP contribution in [0.3, 0.4) is 0 Å². The molecule has 0 aliphatic rings. The molecule has 2 aromatic carbocycles. The Morgan fingerprint density at radius 3 is 2.50 bits per heavy atom. The molecular formula is C21H18N4O3. The van der Waals surface area contributed by atoms with Crippen molar-refractivity contribution in [3.8, 4) is 16.9 Å². The predicted molar refractivity (Wildman–Crippen MR) is 105 cm³/mol. The van der Waals surface area contributed by atoms with Crippen LogP contribution in [0.1, 0.15) is 6.42 Å². The lowest BCUT2D eigenvalue weighted by molar-refractivity contribution is -0.134. The minimum Gasteiger partial charge on any atom is -0.426 e. The first-order chi connectivity index (χ1) is 13.6. The second-order valence-corrected chi connectivity index (χ2v) is 6.36. The van der Waals surface area contributed by atoms with Crippen molar-refractivity contribution in [1.82, 2.24) is 19.3 Å². The number of benzene rings is 2. The summed E-state index contributed by atoms with van der Waals surface area (Å²) in [6.45, 7) is 0.192. The number of aromatic nitrogens is 4. The van der Waals surface area contributed by atoms with E-state index in [2.05, 4.69) is 10.1 Å². The van der Waals surface area contributed by atoms with E-state index in [-0.39, 0.29) is 18.5 Å². The van der Waals surface area contributed by atoms with Crippen LogP contribution in [0.25, 0.3) is 22.2 Å². The number of esters is 1. The second kappa shape index (κ2) is 7.48. The summed E-state index contributed by atoms with van der Waals surface area (Å²) < 4.78 is 8.30. The van der Waals surface area contributed by atoms with Crippen LogP contribution in [0.2, 0.25) is 0 Å². The van der Waals surface area contributed by atoms with Crippen LogP contribution in [0.4, 0.5) is 0 Å². The SMILES string of the molecule is Cn1ncc2c(=O)n(CCC(=O)Oc3ccc(-c4ccccc4)cc3)cnc21. The minimum atomic E-state index is -0.411. The number of fused-ring (bicyclic) bond motifs is 1. The molecule has 0 aliphatic carbocycles. The van der Waals surface area contributed by atoms with E-state index in [0.29, 0.717) is 16.8 Å². The molecule has 140 valence electrons. The molecule has 0 N–H and O–H groups in total. The zero-order chi connectivity index (χ0) is 19.5. The monoisotopic (exact) mass is 374 g/mol. The summed E-state index contributed by atoms with van der Waals surface area (Å²) in [5.74, 6) is 0.0588. The number of aryl methyl sites for hydroxylation is 2. The average molecular weight is 374 g/mol. The molecule has 2 heterocycles. The standard InChI is InChI=1S/C21H18N4O3/c1-24-20-18(13-23-24)21(27)25(14-22-20)12-11-19(26)28-17-9-7-16(8-10-17)15-5-3-2-4-6-15/h2-10,13-14H,11-12H2,1H3. The van der Waals surface area contributed by atoms with Crippen LogP contribution < -0.4 is 10.3 Å². The molecule has 0 atom stereocenters. The van der Waals surface area contributed by atoms with E-state index in [1.165, 1.54) is 21.8 Å². The molecule has 0 unspecified atom stereocenters. The van der Waals surface area contributed by atoms with Crippen LogP contribution in [-0.4, -0.2) is 25.3 Å². The Labute approximate surface area is 160 Å². The molecule has 0 spiro atoms. The van der Waals surface area contributed by atoms with Gasteiger partial charge in [0.05, 0.1) is 18.9 Å². The Balaban J connectivity index is 1.40. The molecule has 28 heavy (non-hydrogen) atoms. The Morgan fingerprint density at radius 2 is 1.75 bits per heavy atom. The Kier molecular flexibility index (Phi) is 4.72. The predicted octanol–water partition coefficient (Wildman–Crippen LogP) is 2.79. The molecule has 0 fully saturated rings. The van der Waals surface area contributed by atoms with Crippen LogP contribution in [0.15, 0.2) is 71.9 Å². The topological polar surface area (TPSA) is 79.0 Å². The highest BCUT2D eigenvalue weighted by molar-refractivity contribution is 5.74. The summed E-state index contributed by atoms with van der Waals surface area (Å²) in [6, 6.07) is 17.3. The fourth-order valence-electron chi connectivity index (χ4n) is 2.97. The summed E-state index contributed by atoms with van der Waals surface area (Å²) in [4.78, 5) is 28.8. The van der Waals surface area contributed by atoms with Gasteiger partial charge < -0.3 is 4.74 Å². The first-order valence-electron chi connectivity index (χ1n) is 8.85. The highest BCUT2D eigenvalue weighted by Gasteiger charge is 2.11. The maximum Gasteiger partial charge on any atom is 0.312 e. The van der Waals surface area contributed by atoms with E-state index in [1.54, 1.807) is 19.2 Å². The van der Waals surface area contributed by atoms with Crippen LogP contribution in [0, 0.1) is 0 Å². The molecule has 0 amide bonds. The fraction of sp³-hybridized carbons (Fsp3) is 0.143. The van der Waals surface area contributed by atoms with Gasteiger partial charge in [0, 0.05) is 13.6 Å². The van der Waals surface area contributed by atoms with E-state index < -0.39 is 5.97 Å². The largest absolute Gasteiger partial charge is 0.426 e. The zero-order valence-electron chi connectivity index (χ0n) is 15.3. The molecular weight excluding hydrogens is 356 g/mol. The molecule has 7 heteroatoms. The maximum absolute atomic E-state index is 12.4. The lowest BCUT2D eigenvalue weighted by Crippen LogP contribution is -2.23. The zero-order valence-corrected chi connectivity index (χ0v) is 15.3. The van der Waals surface area contributed by atoms with Gasteiger partial charge in [-0.2, -0.15) is 5.10 Å². The molecule has 4 aromatic rings. The molecule has 2 aromatic heterocycles. The third-order valence-corrected chi connectivity index (χ3v) is 4.47. The van der Waals surface area contributed by atoms with Crippen molar-refractivity contribution in [2.24, 2.45) is 7.05 Å². The number of carbonyl (C=O) groups is 1. The lowest BCUT2D eigenvalue weighted by Gasteiger charge is -2.07. The summed E-state index contributed by atoms with van der Waals surface area (Å²) >= 11 is 0. The van der Waals surface area contributed by atoms with E-state index >= 15 is 0 Å². The quantitative estimate of drug-likeness (QED) is 0.396. The lowest BCUT2D eigenvalue weighted by atomic mass is 10.1. The van der Waals surface area contributed by atoms with Gasteiger partial charge in [0.15, 0.2) is 5.65 Å². The molecule has 0 aliphatic heterocycles. The molecule has 0 saturated heterocycles. The number of ether oxygens (including phenoxy) is 1. The van der Waals surface area contributed by atoms with Crippen molar-refractivity contribution in [1.29, 1.82) is 0 Å². The molecule has 0 saturated carbocycles. The van der Waals surface area contributed by atoms with Gasteiger partial charge in [-0.1, -0.05) is 42.5 Å². The van der Waals surface area contributed by atoms with Gasteiger partial charge >= 0.3 is 5.97 Å². The number of rotatable bonds is 5. The summed E-state index contributed by atoms with van der Waals surface area (Å²) in [5, 5.41) is 4.45. The molecule has 7 nitrogen and oxygen atoms in total. The number of hydrogen-bond donors (Lipinski definition) is 0. The van der Waals surface area contributed by atoms with Crippen LogP contribution in [0.5, 0.6) is 5.75 Å². The fourth-order valence-corrected chi connectivity index (χ4v) is 2.97. The Bertz CT molecular complexity index is 1180. The third-order valence-electron chi connectivity index (χ3n) is 4.47. The van der Waals surface area contributed by atoms with E-state index in [4.69, 9.17) is 4.74 Å². The van der Waals surface area contributed by atoms with Crippen molar-refractivity contribution < 1.29 is 9.53 Å². The molecule has 0 bridgehead atoms. The van der Waals surface area contributed by atoms with Gasteiger partial charge in [-0.25, -0.2) is 4.98 Å². The number of carbonyl (C=O) groups excluding carboxylic acids is 1. The van der Waals surface area contributed by atoms with Gasteiger partial charge in [-0.05, 0) is 23.3 Å². The Hall–Kier alpha value is -3.74. The van der Waals surface area contributed by atoms with Crippen LogP contribution >= 0.6 is 0 Å². The van der Waals surface area contributed by atoms with Crippen molar-refractivity contribution in [2.45, 2.75) is 13.0 Å². The van der Waals surface area contributed by atoms with Gasteiger partial charge in [0.1, 0.15) is 11.1 Å². The van der Waals surface area contributed by atoms with Gasteiger partial charge in [-0.3, -0.25) is 18.8 Å². The Morgan fingerprint density at radius 1 is 1.04 bits per heavy atom. The van der Waals surface area contributed by atoms with E-state index in [9.17, 15) is 9.59 Å². The average Bonchev–Trinajstić information content (AvgIpc) is 3.10. The maximum atomic E-state index is 12.4. The first-order valence-corrected chi connectivity index (χ1v) is 8.85. The number of nitrogens with zero attached hydrogens (tertiary/aromatic N) is 4. The van der Waals surface area contributed by atoms with Crippen molar-refractivity contribution in [2.75, 3.05) is 0 Å². The van der Waals surface area contributed by atoms with E-state index in [1.807, 2.05) is 42.5 Å². The summed E-state index contributed by atoms with van der Waals surface area (Å²) in [7, 11) is 1.72. The first kappa shape index (κ1) is 17.7. The van der Waals surface area contributed by atoms with Gasteiger partial charge in [0.25, 0.3) is 5.56 Å².